The third-order valence-electron chi connectivity index (χ3n) is 4.27. The summed E-state index contributed by atoms with van der Waals surface area (Å²) in [4.78, 5) is 30.5. The predicted molar refractivity (Wildman–Crippen MR) is 112 cm³/mol. The molecule has 0 aliphatic carbocycles. The number of hydrogen-bond acceptors (Lipinski definition) is 6. The zero-order valence-corrected chi connectivity index (χ0v) is 16.9. The Balaban J connectivity index is 1.60. The van der Waals surface area contributed by atoms with Gasteiger partial charge in [-0.2, -0.15) is 4.98 Å². The van der Waals surface area contributed by atoms with Gasteiger partial charge in [-0.25, -0.2) is 0 Å². The minimum Gasteiger partial charge on any atom is -0.337 e. The number of benzene rings is 2. The average Bonchev–Trinajstić information content (AvgIpc) is 3.20. The summed E-state index contributed by atoms with van der Waals surface area (Å²) in [7, 11) is 0. The van der Waals surface area contributed by atoms with E-state index in [0.717, 1.165) is 10.5 Å². The second-order valence-electron chi connectivity index (χ2n) is 6.13. The second kappa shape index (κ2) is 8.10. The fourth-order valence-corrected chi connectivity index (χ4v) is 3.38. The molecule has 146 valence electrons. The molecule has 2 aromatic carbocycles. The number of hydrogen-bond donors (Lipinski definition) is 0. The summed E-state index contributed by atoms with van der Waals surface area (Å²) in [6.45, 7) is 0.000352. The Labute approximate surface area is 174 Å². The summed E-state index contributed by atoms with van der Waals surface area (Å²) >= 11 is 7.61. The van der Waals surface area contributed by atoms with E-state index in [-0.39, 0.29) is 12.4 Å². The quantitative estimate of drug-likeness (QED) is 0.359. The Kier molecular flexibility index (Phi) is 5.37. The fourth-order valence-electron chi connectivity index (χ4n) is 2.78. The number of aromatic nitrogens is 4. The predicted octanol–water partition coefficient (Wildman–Crippen LogP) is 3.47. The number of halogens is 1. The fraction of sp³-hybridized carbons (Fsp3) is 0.100. The Morgan fingerprint density at radius 3 is 2.59 bits per heavy atom. The van der Waals surface area contributed by atoms with Crippen molar-refractivity contribution in [2.75, 3.05) is 6.26 Å². The van der Waals surface area contributed by atoms with Crippen LogP contribution in [-0.2, 0) is 6.54 Å². The summed E-state index contributed by atoms with van der Waals surface area (Å²) in [6, 6.07) is 14.5. The van der Waals surface area contributed by atoms with Crippen LogP contribution in [0.25, 0.3) is 17.1 Å². The Morgan fingerprint density at radius 2 is 1.86 bits per heavy atom. The Hall–Kier alpha value is -3.10. The van der Waals surface area contributed by atoms with Crippen LogP contribution < -0.4 is 11.1 Å². The van der Waals surface area contributed by atoms with Crippen LogP contribution in [0.15, 0.2) is 79.9 Å². The largest absolute Gasteiger partial charge is 0.337 e. The van der Waals surface area contributed by atoms with Gasteiger partial charge in [-0.3, -0.25) is 18.7 Å². The molecule has 0 aliphatic heterocycles. The van der Waals surface area contributed by atoms with Gasteiger partial charge >= 0.3 is 11.1 Å². The van der Waals surface area contributed by atoms with Crippen molar-refractivity contribution in [3.63, 3.8) is 0 Å². The van der Waals surface area contributed by atoms with Crippen LogP contribution in [0.1, 0.15) is 5.89 Å². The van der Waals surface area contributed by atoms with Gasteiger partial charge in [-0.15, -0.1) is 11.8 Å². The number of rotatable bonds is 5. The molecule has 0 saturated heterocycles. The minimum absolute atomic E-state index is 0.000352. The van der Waals surface area contributed by atoms with Crippen LogP contribution in [0.4, 0.5) is 0 Å². The standard InChI is InChI=1S/C20H15ClN4O3S/c1-29-16-7-5-13(6-8-16)18-22-17(28-23-18)12-24-9-10-25(20(27)19(24)26)15-4-2-3-14(21)11-15/h2-11H,12H2,1H3. The van der Waals surface area contributed by atoms with Crippen molar-refractivity contribution in [3.05, 3.63) is 92.5 Å². The van der Waals surface area contributed by atoms with Crippen LogP contribution in [0.5, 0.6) is 0 Å². The molecule has 0 unspecified atom stereocenters. The molecule has 4 aromatic rings. The van der Waals surface area contributed by atoms with Crippen LogP contribution in [-0.4, -0.2) is 25.5 Å². The van der Waals surface area contributed by atoms with Crippen molar-refractivity contribution in [3.8, 4) is 17.1 Å². The third kappa shape index (κ3) is 4.03. The molecule has 9 heteroatoms. The zero-order valence-electron chi connectivity index (χ0n) is 15.3. The lowest BCUT2D eigenvalue weighted by Gasteiger charge is -2.07. The number of thioether (sulfide) groups is 1. The monoisotopic (exact) mass is 426 g/mol. The smallest absolute Gasteiger partial charge is 0.320 e. The van der Waals surface area contributed by atoms with Gasteiger partial charge in [-0.1, -0.05) is 22.8 Å². The maximum atomic E-state index is 12.5. The Bertz CT molecular complexity index is 1280. The zero-order chi connectivity index (χ0) is 20.4. The molecule has 0 amide bonds. The molecule has 0 radical (unpaired) electrons. The second-order valence-corrected chi connectivity index (χ2v) is 7.44. The van der Waals surface area contributed by atoms with Crippen molar-refractivity contribution in [1.29, 1.82) is 0 Å². The first-order valence-electron chi connectivity index (χ1n) is 8.60. The highest BCUT2D eigenvalue weighted by Crippen LogP contribution is 2.21. The highest BCUT2D eigenvalue weighted by molar-refractivity contribution is 7.98. The van der Waals surface area contributed by atoms with Gasteiger partial charge in [0.15, 0.2) is 0 Å². The normalized spacial score (nSPS) is 11.0. The first-order chi connectivity index (χ1) is 14.0. The van der Waals surface area contributed by atoms with E-state index in [1.54, 1.807) is 36.0 Å². The molecule has 2 heterocycles. The van der Waals surface area contributed by atoms with E-state index >= 15 is 0 Å². The van der Waals surface area contributed by atoms with E-state index in [4.69, 9.17) is 16.1 Å². The molecule has 4 rings (SSSR count). The van der Waals surface area contributed by atoms with E-state index in [9.17, 15) is 9.59 Å². The maximum Gasteiger partial charge on any atom is 0.320 e. The van der Waals surface area contributed by atoms with Crippen LogP contribution in [0.2, 0.25) is 5.02 Å². The lowest BCUT2D eigenvalue weighted by Crippen LogP contribution is -2.40. The van der Waals surface area contributed by atoms with Crippen molar-refractivity contribution >= 4 is 23.4 Å². The topological polar surface area (TPSA) is 82.9 Å². The minimum atomic E-state index is -0.698. The Morgan fingerprint density at radius 1 is 1.07 bits per heavy atom. The molecule has 0 N–H and O–H groups in total. The molecule has 0 atom stereocenters. The molecule has 0 fully saturated rings. The molecule has 0 saturated carbocycles. The molecule has 7 nitrogen and oxygen atoms in total. The third-order valence-corrected chi connectivity index (χ3v) is 5.25. The summed E-state index contributed by atoms with van der Waals surface area (Å²) < 4.78 is 7.73. The molecule has 2 aromatic heterocycles. The van der Waals surface area contributed by atoms with E-state index in [0.29, 0.717) is 16.5 Å². The van der Waals surface area contributed by atoms with Gasteiger partial charge in [0.05, 0.1) is 5.69 Å². The van der Waals surface area contributed by atoms with Crippen LogP contribution >= 0.6 is 23.4 Å². The molecule has 0 bridgehead atoms. The van der Waals surface area contributed by atoms with Gasteiger partial charge in [-0.05, 0) is 48.7 Å². The van der Waals surface area contributed by atoms with Crippen molar-refractivity contribution in [2.24, 2.45) is 0 Å². The van der Waals surface area contributed by atoms with E-state index in [1.807, 2.05) is 30.5 Å². The SMILES string of the molecule is CSc1ccc(-c2noc(Cn3ccn(-c4cccc(Cl)c4)c(=O)c3=O)n2)cc1. The molecule has 0 spiro atoms. The van der Waals surface area contributed by atoms with Crippen molar-refractivity contribution in [1.82, 2.24) is 19.3 Å². The van der Waals surface area contributed by atoms with Crippen molar-refractivity contribution < 1.29 is 4.52 Å². The van der Waals surface area contributed by atoms with E-state index < -0.39 is 11.1 Å². The highest BCUT2D eigenvalue weighted by atomic mass is 35.5. The summed E-state index contributed by atoms with van der Waals surface area (Å²) in [5.41, 5.74) is -0.0688. The van der Waals surface area contributed by atoms with Crippen LogP contribution in [0.3, 0.4) is 0 Å². The lowest BCUT2D eigenvalue weighted by molar-refractivity contribution is 0.369. The van der Waals surface area contributed by atoms with Gasteiger partial charge < -0.3 is 4.52 Å². The molecular weight excluding hydrogens is 412 g/mol. The van der Waals surface area contributed by atoms with Gasteiger partial charge in [0.2, 0.25) is 11.7 Å². The lowest BCUT2D eigenvalue weighted by atomic mass is 10.2. The molecule has 29 heavy (non-hydrogen) atoms. The molecule has 0 aliphatic rings. The first-order valence-corrected chi connectivity index (χ1v) is 10.2. The number of nitrogens with zero attached hydrogens (tertiary/aromatic N) is 4. The van der Waals surface area contributed by atoms with Gasteiger partial charge in [0, 0.05) is 27.9 Å². The van der Waals surface area contributed by atoms with E-state index in [1.165, 1.54) is 21.5 Å². The molecular formula is C20H15ClN4O3S. The summed E-state index contributed by atoms with van der Waals surface area (Å²) in [5.74, 6) is 0.656. The maximum absolute atomic E-state index is 12.5. The van der Waals surface area contributed by atoms with Gasteiger partial charge in [0.25, 0.3) is 0 Å². The van der Waals surface area contributed by atoms with Crippen molar-refractivity contribution in [2.45, 2.75) is 11.4 Å². The van der Waals surface area contributed by atoms with E-state index in [2.05, 4.69) is 10.1 Å². The first kappa shape index (κ1) is 19.2. The average molecular weight is 427 g/mol. The van der Waals surface area contributed by atoms with Crippen LogP contribution in [0, 0.1) is 0 Å². The summed E-state index contributed by atoms with van der Waals surface area (Å²) in [5, 5.41) is 4.43. The van der Waals surface area contributed by atoms with Gasteiger partial charge in [0.1, 0.15) is 6.54 Å². The highest BCUT2D eigenvalue weighted by Gasteiger charge is 2.12. The summed E-state index contributed by atoms with van der Waals surface area (Å²) in [6.07, 6.45) is 5.01.